The van der Waals surface area contributed by atoms with Gasteiger partial charge in [0.15, 0.2) is 0 Å². The first kappa shape index (κ1) is 19.0. The minimum Gasteiger partial charge on any atom is -0.476 e. The summed E-state index contributed by atoms with van der Waals surface area (Å²) in [4.78, 5) is 16.3. The molecule has 28 heavy (non-hydrogen) atoms. The van der Waals surface area contributed by atoms with Crippen molar-refractivity contribution in [3.63, 3.8) is 0 Å². The summed E-state index contributed by atoms with van der Waals surface area (Å²) in [5.41, 5.74) is 1.83. The van der Waals surface area contributed by atoms with Crippen LogP contribution in [0.15, 0.2) is 24.5 Å². The molecule has 0 aromatic carbocycles. The standard InChI is InChI=1S/C19H21ClN6OS/c1-12-18(28-13(2)23-12)16-3-4-17(25-24-16)27-11-14-5-7-26(8-6-14)19-21-9-15(20)10-22-19/h3-4,9-10,14H,5-8,11H2,1-2H3. The van der Waals surface area contributed by atoms with Gasteiger partial charge in [-0.2, -0.15) is 0 Å². The van der Waals surface area contributed by atoms with E-state index in [1.807, 2.05) is 26.0 Å². The molecule has 146 valence electrons. The van der Waals surface area contributed by atoms with Gasteiger partial charge in [-0.05, 0) is 38.7 Å². The summed E-state index contributed by atoms with van der Waals surface area (Å²) in [6.45, 7) is 6.44. The van der Waals surface area contributed by atoms with E-state index in [2.05, 4.69) is 30.0 Å². The summed E-state index contributed by atoms with van der Waals surface area (Å²) < 4.78 is 5.88. The van der Waals surface area contributed by atoms with E-state index in [9.17, 15) is 0 Å². The molecule has 0 atom stereocenters. The summed E-state index contributed by atoms with van der Waals surface area (Å²) in [6, 6.07) is 3.83. The van der Waals surface area contributed by atoms with Crippen LogP contribution in [0.2, 0.25) is 5.02 Å². The number of rotatable bonds is 5. The highest BCUT2D eigenvalue weighted by atomic mass is 35.5. The van der Waals surface area contributed by atoms with Crippen molar-refractivity contribution in [2.45, 2.75) is 26.7 Å². The second-order valence-electron chi connectivity index (χ2n) is 6.85. The molecule has 0 aliphatic carbocycles. The maximum absolute atomic E-state index is 5.88. The molecule has 0 radical (unpaired) electrons. The van der Waals surface area contributed by atoms with E-state index in [0.29, 0.717) is 23.4 Å². The Bertz CT molecular complexity index is 923. The van der Waals surface area contributed by atoms with Crippen LogP contribution in [0.1, 0.15) is 23.5 Å². The van der Waals surface area contributed by atoms with Crippen molar-refractivity contribution < 1.29 is 4.74 Å². The van der Waals surface area contributed by atoms with E-state index in [1.165, 1.54) is 0 Å². The Labute approximate surface area is 172 Å². The molecule has 9 heteroatoms. The van der Waals surface area contributed by atoms with Crippen LogP contribution in [-0.2, 0) is 0 Å². The molecule has 0 amide bonds. The molecule has 0 bridgehead atoms. The third-order valence-corrected chi connectivity index (χ3v) is 6.04. The van der Waals surface area contributed by atoms with Gasteiger partial charge in [0.1, 0.15) is 5.69 Å². The van der Waals surface area contributed by atoms with E-state index in [4.69, 9.17) is 16.3 Å². The molecule has 0 N–H and O–H groups in total. The molecule has 1 saturated heterocycles. The number of anilines is 1. The number of halogens is 1. The van der Waals surface area contributed by atoms with Gasteiger partial charge in [-0.15, -0.1) is 21.5 Å². The van der Waals surface area contributed by atoms with Gasteiger partial charge in [-0.1, -0.05) is 11.6 Å². The second kappa shape index (κ2) is 8.36. The van der Waals surface area contributed by atoms with Crippen LogP contribution < -0.4 is 9.64 Å². The van der Waals surface area contributed by atoms with Crippen molar-refractivity contribution in [1.29, 1.82) is 0 Å². The lowest BCUT2D eigenvalue weighted by atomic mass is 9.98. The maximum atomic E-state index is 5.88. The topological polar surface area (TPSA) is 76.9 Å². The smallest absolute Gasteiger partial charge is 0.233 e. The Morgan fingerprint density at radius 3 is 2.50 bits per heavy atom. The Morgan fingerprint density at radius 2 is 1.89 bits per heavy atom. The molecule has 7 nitrogen and oxygen atoms in total. The number of hydrogen-bond acceptors (Lipinski definition) is 8. The van der Waals surface area contributed by atoms with Crippen LogP contribution in [0.5, 0.6) is 5.88 Å². The first-order chi connectivity index (χ1) is 13.6. The van der Waals surface area contributed by atoms with E-state index in [1.54, 1.807) is 23.7 Å². The van der Waals surface area contributed by atoms with Gasteiger partial charge in [0.05, 0.1) is 39.6 Å². The molecule has 0 unspecified atom stereocenters. The molecule has 3 aromatic rings. The summed E-state index contributed by atoms with van der Waals surface area (Å²) in [5.74, 6) is 1.78. The number of piperidine rings is 1. The average Bonchev–Trinajstić information content (AvgIpc) is 3.06. The predicted molar refractivity (Wildman–Crippen MR) is 110 cm³/mol. The summed E-state index contributed by atoms with van der Waals surface area (Å²) >= 11 is 7.48. The Morgan fingerprint density at radius 1 is 1.14 bits per heavy atom. The number of aromatic nitrogens is 5. The fraction of sp³-hybridized carbons (Fsp3) is 0.421. The molecule has 3 aromatic heterocycles. The largest absolute Gasteiger partial charge is 0.476 e. The lowest BCUT2D eigenvalue weighted by Crippen LogP contribution is -2.36. The molecule has 0 saturated carbocycles. The number of aryl methyl sites for hydroxylation is 2. The molecular formula is C19H21ClN6OS. The SMILES string of the molecule is Cc1nc(C)c(-c2ccc(OCC3CCN(c4ncc(Cl)cn4)CC3)nn2)s1. The number of ether oxygens (including phenoxy) is 1. The fourth-order valence-electron chi connectivity index (χ4n) is 3.26. The summed E-state index contributed by atoms with van der Waals surface area (Å²) in [6.07, 6.45) is 5.32. The molecule has 0 spiro atoms. The van der Waals surface area contributed by atoms with Crippen molar-refractivity contribution in [2.24, 2.45) is 5.92 Å². The van der Waals surface area contributed by atoms with Crippen molar-refractivity contribution in [3.05, 3.63) is 40.3 Å². The van der Waals surface area contributed by atoms with E-state index in [-0.39, 0.29) is 0 Å². The van der Waals surface area contributed by atoms with Crippen molar-refractivity contribution in [2.75, 3.05) is 24.6 Å². The highest BCUT2D eigenvalue weighted by molar-refractivity contribution is 7.15. The van der Waals surface area contributed by atoms with Gasteiger partial charge in [0.2, 0.25) is 11.8 Å². The van der Waals surface area contributed by atoms with Gasteiger partial charge in [-0.3, -0.25) is 0 Å². The van der Waals surface area contributed by atoms with Gasteiger partial charge in [-0.25, -0.2) is 15.0 Å². The predicted octanol–water partition coefficient (Wildman–Crippen LogP) is 3.96. The summed E-state index contributed by atoms with van der Waals surface area (Å²) in [7, 11) is 0. The maximum Gasteiger partial charge on any atom is 0.233 e. The van der Waals surface area contributed by atoms with E-state index >= 15 is 0 Å². The zero-order valence-electron chi connectivity index (χ0n) is 15.8. The van der Waals surface area contributed by atoms with Gasteiger partial charge < -0.3 is 9.64 Å². The van der Waals surface area contributed by atoms with Crippen LogP contribution in [0.4, 0.5) is 5.95 Å². The van der Waals surface area contributed by atoms with Crippen LogP contribution >= 0.6 is 22.9 Å². The third-order valence-electron chi connectivity index (χ3n) is 4.75. The number of thiazole rings is 1. The average molecular weight is 417 g/mol. The second-order valence-corrected chi connectivity index (χ2v) is 8.49. The van der Waals surface area contributed by atoms with Crippen LogP contribution in [0.3, 0.4) is 0 Å². The minimum atomic E-state index is 0.483. The monoisotopic (exact) mass is 416 g/mol. The van der Waals surface area contributed by atoms with Crippen LogP contribution in [-0.4, -0.2) is 44.8 Å². The number of hydrogen-bond donors (Lipinski definition) is 0. The quantitative estimate of drug-likeness (QED) is 0.623. The molecule has 1 fully saturated rings. The summed E-state index contributed by atoms with van der Waals surface area (Å²) in [5, 5.41) is 10.1. The normalized spacial score (nSPS) is 15.0. The first-order valence-electron chi connectivity index (χ1n) is 9.22. The minimum absolute atomic E-state index is 0.483. The Kier molecular flexibility index (Phi) is 5.68. The van der Waals surface area contributed by atoms with E-state index < -0.39 is 0 Å². The fourth-order valence-corrected chi connectivity index (χ4v) is 4.24. The van der Waals surface area contributed by atoms with Crippen molar-refractivity contribution in [3.8, 4) is 16.5 Å². The zero-order valence-corrected chi connectivity index (χ0v) is 17.4. The third kappa shape index (κ3) is 4.39. The Balaban J connectivity index is 1.28. The van der Waals surface area contributed by atoms with Crippen molar-refractivity contribution >= 4 is 28.9 Å². The highest BCUT2D eigenvalue weighted by Gasteiger charge is 2.21. The first-order valence-corrected chi connectivity index (χ1v) is 10.4. The van der Waals surface area contributed by atoms with Gasteiger partial charge in [0, 0.05) is 19.2 Å². The molecule has 4 heterocycles. The van der Waals surface area contributed by atoms with Crippen molar-refractivity contribution in [1.82, 2.24) is 25.1 Å². The van der Waals surface area contributed by atoms with Gasteiger partial charge >= 0.3 is 0 Å². The van der Waals surface area contributed by atoms with Crippen LogP contribution in [0, 0.1) is 19.8 Å². The highest BCUT2D eigenvalue weighted by Crippen LogP contribution is 2.28. The van der Waals surface area contributed by atoms with Gasteiger partial charge in [0.25, 0.3) is 0 Å². The number of nitrogens with zero attached hydrogens (tertiary/aromatic N) is 6. The molecular weight excluding hydrogens is 396 g/mol. The Hall–Kier alpha value is -2.32. The lowest BCUT2D eigenvalue weighted by molar-refractivity contribution is 0.214. The van der Waals surface area contributed by atoms with E-state index in [0.717, 1.165) is 53.2 Å². The lowest BCUT2D eigenvalue weighted by Gasteiger charge is -2.31. The molecule has 4 rings (SSSR count). The molecule has 1 aliphatic rings. The zero-order chi connectivity index (χ0) is 19.5. The molecule has 1 aliphatic heterocycles. The van der Waals surface area contributed by atoms with Crippen LogP contribution in [0.25, 0.3) is 10.6 Å².